The van der Waals surface area contributed by atoms with Gasteiger partial charge in [0, 0.05) is 25.4 Å². The Hall–Kier alpha value is -4.32. The predicted molar refractivity (Wildman–Crippen MR) is 217 cm³/mol. The number of nitrogens with one attached hydrogen (secondary N) is 4. The summed E-state index contributed by atoms with van der Waals surface area (Å²) in [6.07, 6.45) is 1.26. The fourth-order valence-electron chi connectivity index (χ4n) is 7.47. The van der Waals surface area contributed by atoms with Crippen LogP contribution in [0, 0.1) is 17.8 Å². The van der Waals surface area contributed by atoms with Crippen LogP contribution >= 0.6 is 0 Å². The number of carboxylic acid groups (broad SMARTS) is 1. The number of nitrogens with two attached hydrogens (primary N) is 2. The average molecular weight is 832 g/mol. The van der Waals surface area contributed by atoms with Crippen molar-refractivity contribution in [3.05, 3.63) is 0 Å². The first-order valence-electron chi connectivity index (χ1n) is 24.7. The van der Waals surface area contributed by atoms with Crippen LogP contribution in [0.3, 0.4) is 0 Å². The third kappa shape index (κ3) is 14.5. The van der Waals surface area contributed by atoms with E-state index in [1.165, 1.54) is 23.6 Å². The van der Waals surface area contributed by atoms with Gasteiger partial charge in [0.2, 0.25) is 35.4 Å². The highest BCUT2D eigenvalue weighted by molar-refractivity contribution is 5.97. The van der Waals surface area contributed by atoms with E-state index in [9.17, 15) is 43.5 Å². The normalized spacial score (nSPS) is 22.6. The van der Waals surface area contributed by atoms with Gasteiger partial charge >= 0.3 is 5.97 Å². The zero-order valence-electron chi connectivity index (χ0n) is 43.7. The Bertz CT molecular complexity index is 1740. The summed E-state index contributed by atoms with van der Waals surface area (Å²) in [5, 5.41) is 19.8. The maximum Gasteiger partial charge on any atom is 0.326 e. The smallest absolute Gasteiger partial charge is 0.326 e. The molecule has 2 aliphatic rings. The first-order chi connectivity index (χ1) is 30.8. The number of carbonyl (C=O) groups is 8. The minimum atomic E-state index is -3.76. The number of amides is 7. The molecule has 2 rings (SSSR count). The Kier molecular flexibility index (Phi) is 14.4. The lowest BCUT2D eigenvalue weighted by atomic mass is 9.97. The molecule has 0 aromatic carbocycles. The summed E-state index contributed by atoms with van der Waals surface area (Å²) in [5.74, 6) is -9.24. The van der Waals surface area contributed by atoms with Gasteiger partial charge in [0.15, 0.2) is 6.04 Å². The fraction of sp³-hybridized carbons (Fsp3) is 0.800. The average Bonchev–Trinajstić information content (AvgIpc) is 3.88. The number of likely N-dealkylation sites (tertiary alicyclic amines) is 2. The van der Waals surface area contributed by atoms with E-state index in [4.69, 9.17) is 23.8 Å². The van der Waals surface area contributed by atoms with Gasteiger partial charge in [0.05, 0.1) is 33.3 Å². The molecule has 58 heavy (non-hydrogen) atoms. The third-order valence-electron chi connectivity index (χ3n) is 10.4. The van der Waals surface area contributed by atoms with E-state index in [2.05, 4.69) is 21.3 Å². The number of carboxylic acids is 1. The lowest BCUT2D eigenvalue weighted by Gasteiger charge is -2.37. The summed E-state index contributed by atoms with van der Waals surface area (Å²) >= 11 is 0. The van der Waals surface area contributed by atoms with Crippen molar-refractivity contribution in [1.82, 2.24) is 31.1 Å². The second kappa shape index (κ2) is 22.7. The zero-order valence-corrected chi connectivity index (χ0v) is 34.7. The zero-order chi connectivity index (χ0) is 51.6. The van der Waals surface area contributed by atoms with Crippen molar-refractivity contribution in [1.29, 1.82) is 0 Å². The van der Waals surface area contributed by atoms with Crippen molar-refractivity contribution in [3.63, 3.8) is 0 Å². The van der Waals surface area contributed by atoms with Gasteiger partial charge in [-0.15, -0.1) is 0 Å². The second-order valence-corrected chi connectivity index (χ2v) is 16.5. The maximum atomic E-state index is 14.4. The Labute approximate surface area is 356 Å². The molecule has 2 aliphatic heterocycles. The van der Waals surface area contributed by atoms with Gasteiger partial charge in [-0.05, 0) is 76.2 Å². The molecule has 0 unspecified atom stereocenters. The van der Waals surface area contributed by atoms with Crippen LogP contribution in [0.15, 0.2) is 0 Å². The van der Waals surface area contributed by atoms with Gasteiger partial charge in [0.1, 0.15) is 36.3 Å². The first kappa shape index (κ1) is 36.7. The van der Waals surface area contributed by atoms with E-state index in [-0.39, 0.29) is 57.5 Å². The van der Waals surface area contributed by atoms with Gasteiger partial charge in [-0.25, -0.2) is 4.79 Å². The van der Waals surface area contributed by atoms with Crippen LogP contribution < -0.4 is 32.7 Å². The molecule has 18 heteroatoms. The monoisotopic (exact) mass is 832 g/mol. The summed E-state index contributed by atoms with van der Waals surface area (Å²) in [6, 6.07) is -9.93. The molecule has 2 heterocycles. The number of aliphatic carboxylic acids is 1. The summed E-state index contributed by atoms with van der Waals surface area (Å²) in [5.41, 5.74) is 10.8. The minimum Gasteiger partial charge on any atom is -0.480 e. The number of unbranched alkanes of at least 4 members (excludes halogenated alkanes) is 1. The van der Waals surface area contributed by atoms with Crippen LogP contribution in [0.5, 0.6) is 0 Å². The molecule has 2 fully saturated rings. The highest BCUT2D eigenvalue weighted by Gasteiger charge is 2.44. The third-order valence-corrected chi connectivity index (χ3v) is 10.4. The molecule has 0 aromatic heterocycles. The highest BCUT2D eigenvalue weighted by atomic mass is 16.4. The lowest BCUT2D eigenvalue weighted by Crippen LogP contribution is -2.61. The van der Waals surface area contributed by atoms with Crippen molar-refractivity contribution < 1.29 is 60.3 Å². The SMILES string of the molecule is [2H]C([2H])([2H])[N+]([C@H](C(=O)N[C@@H](CC(C)C)C(=O)N1CCC[C@H]1C(=O)N[C@H](C(=O)N1CCC[C@H]1C(=O)N[C@@H](CCC(N)=O)C(=O)N[C@@H](CCCCN)C(=O)O)C(C)C)C(C)C)(C([2H])([2H])[2H])C([2H])([2H])[2H]. The number of hydrogen-bond acceptors (Lipinski definition) is 9. The van der Waals surface area contributed by atoms with E-state index >= 15 is 0 Å². The summed E-state index contributed by atoms with van der Waals surface area (Å²) < 4.78 is 71.0. The molecule has 2 saturated heterocycles. The second-order valence-electron chi connectivity index (χ2n) is 16.5. The Morgan fingerprint density at radius 3 is 1.76 bits per heavy atom. The van der Waals surface area contributed by atoms with Crippen LogP contribution in [-0.4, -0.2) is 150 Å². The van der Waals surface area contributed by atoms with Gasteiger partial charge in [-0.1, -0.05) is 41.5 Å². The Balaban J connectivity index is 2.40. The molecule has 0 bridgehead atoms. The molecule has 0 aliphatic carbocycles. The van der Waals surface area contributed by atoms with E-state index < -0.39 is 127 Å². The van der Waals surface area contributed by atoms with Crippen molar-refractivity contribution in [2.24, 2.45) is 29.2 Å². The molecule has 7 atom stereocenters. The minimum absolute atomic E-state index is 0.0227. The molecular formula is C40H72N9O9+. The molecule has 18 nitrogen and oxygen atoms in total. The van der Waals surface area contributed by atoms with Crippen molar-refractivity contribution in [2.45, 2.75) is 148 Å². The van der Waals surface area contributed by atoms with Crippen LogP contribution in [0.4, 0.5) is 0 Å². The molecule has 0 spiro atoms. The van der Waals surface area contributed by atoms with E-state index in [1.54, 1.807) is 27.7 Å². The number of carbonyl (C=O) groups excluding carboxylic acids is 7. The van der Waals surface area contributed by atoms with Crippen LogP contribution in [-0.2, 0) is 38.4 Å². The number of rotatable bonds is 23. The fourth-order valence-corrected chi connectivity index (χ4v) is 7.47. The van der Waals surface area contributed by atoms with Crippen LogP contribution in [0.25, 0.3) is 0 Å². The predicted octanol–water partition coefficient (Wildman–Crippen LogP) is -0.180. The van der Waals surface area contributed by atoms with E-state index in [0.29, 0.717) is 32.2 Å². The lowest BCUT2D eigenvalue weighted by molar-refractivity contribution is -0.890. The molecule has 7 amide bonds. The Morgan fingerprint density at radius 1 is 0.724 bits per heavy atom. The molecule has 0 saturated carbocycles. The standard InChI is InChI=1S/C40H71N9O9/c1-23(2)22-28(45-37(54)33(25(5)6)49(7,8)9)38(55)47-20-12-16-30(47)36(53)46-32(24(3)4)39(56)48-21-13-15-29(48)35(52)43-26(17-18-31(42)50)34(51)44-27(40(57)58)14-10-11-19-41/h23-30,32-33H,10-22,41H2,1-9H3,(H6-,42,43,44,45,46,50,51,52,53,54,57,58)/p+1/t26-,27-,28-,29-,30-,32-,33-/m0/s1/i7D3,8D3,9D3. The molecule has 0 radical (unpaired) electrons. The van der Waals surface area contributed by atoms with Gasteiger partial charge in [-0.2, -0.15) is 0 Å². The van der Waals surface area contributed by atoms with Gasteiger partial charge in [0.25, 0.3) is 5.91 Å². The largest absolute Gasteiger partial charge is 0.480 e. The highest BCUT2D eigenvalue weighted by Crippen LogP contribution is 2.24. The van der Waals surface area contributed by atoms with E-state index in [1.807, 2.05) is 0 Å². The summed E-state index contributed by atoms with van der Waals surface area (Å²) in [4.78, 5) is 110. The quantitative estimate of drug-likeness (QED) is 0.0528. The van der Waals surface area contributed by atoms with Crippen molar-refractivity contribution in [3.8, 4) is 0 Å². The molecule has 330 valence electrons. The maximum absolute atomic E-state index is 14.4. The number of nitrogens with zero attached hydrogens (tertiary/aromatic N) is 3. The van der Waals surface area contributed by atoms with Crippen molar-refractivity contribution >= 4 is 47.3 Å². The van der Waals surface area contributed by atoms with E-state index in [0.717, 1.165) is 0 Å². The van der Waals surface area contributed by atoms with Crippen LogP contribution in [0.1, 0.15) is 118 Å². The number of primary amides is 1. The first-order valence-corrected chi connectivity index (χ1v) is 20.2. The Morgan fingerprint density at radius 2 is 1.28 bits per heavy atom. The summed E-state index contributed by atoms with van der Waals surface area (Å²) in [7, 11) is 0. The van der Waals surface area contributed by atoms with Gasteiger partial charge < -0.3 is 52.1 Å². The number of hydrogen-bond donors (Lipinski definition) is 7. The van der Waals surface area contributed by atoms with Gasteiger partial charge in [-0.3, -0.25) is 33.6 Å². The topological polar surface area (TPSA) is 263 Å². The van der Waals surface area contributed by atoms with Crippen LogP contribution in [0.2, 0.25) is 0 Å². The molecular weight excluding hydrogens is 750 g/mol. The number of likely N-dealkylation sites (N-methyl/N-ethyl adjacent to an activating group) is 1. The summed E-state index contributed by atoms with van der Waals surface area (Å²) in [6.45, 7) is -1.52. The van der Waals surface area contributed by atoms with Crippen molar-refractivity contribution in [2.75, 3.05) is 40.6 Å². The number of quaternary nitrogens is 1. The molecule has 0 aromatic rings. The molecule has 9 N–H and O–H groups in total.